The van der Waals surface area contributed by atoms with Crippen molar-refractivity contribution < 1.29 is 10.2 Å². The van der Waals surface area contributed by atoms with E-state index in [1.165, 1.54) is 0 Å². The minimum absolute atomic E-state index is 0.389. The van der Waals surface area contributed by atoms with Crippen LogP contribution in [0.15, 0.2) is 30.3 Å². The van der Waals surface area contributed by atoms with Gasteiger partial charge in [0.25, 0.3) is 0 Å². The molecular formula is C13H20O2. The summed E-state index contributed by atoms with van der Waals surface area (Å²) in [6, 6.07) is 9.49. The summed E-state index contributed by atoms with van der Waals surface area (Å²) < 4.78 is 0. The lowest BCUT2D eigenvalue weighted by Gasteiger charge is -2.15. The highest BCUT2D eigenvalue weighted by Crippen LogP contribution is 2.19. The Labute approximate surface area is 91.6 Å². The lowest BCUT2D eigenvalue weighted by Crippen LogP contribution is -2.12. The number of unbranched alkanes of at least 4 members (excludes halogenated alkanes) is 1. The predicted octanol–water partition coefficient (Wildman–Crippen LogP) is 2.66. The van der Waals surface area contributed by atoms with Gasteiger partial charge in [0, 0.05) is 6.42 Å². The number of hydrogen-bond donors (Lipinski definition) is 2. The van der Waals surface area contributed by atoms with Crippen LogP contribution in [0.2, 0.25) is 0 Å². The highest BCUT2D eigenvalue weighted by molar-refractivity contribution is 5.17. The first-order valence-electron chi connectivity index (χ1n) is 5.65. The van der Waals surface area contributed by atoms with Crippen LogP contribution in [0.3, 0.4) is 0 Å². The average Bonchev–Trinajstić information content (AvgIpc) is 2.27. The van der Waals surface area contributed by atoms with E-state index in [0.29, 0.717) is 6.42 Å². The van der Waals surface area contributed by atoms with Crippen LogP contribution in [0.4, 0.5) is 0 Å². The summed E-state index contributed by atoms with van der Waals surface area (Å²) in [5.41, 5.74) is 0.882. The fourth-order valence-electron chi connectivity index (χ4n) is 1.63. The molecule has 1 aromatic rings. The van der Waals surface area contributed by atoms with Crippen molar-refractivity contribution in [2.45, 2.75) is 44.8 Å². The summed E-state index contributed by atoms with van der Waals surface area (Å²) in [5.74, 6) is 0. The van der Waals surface area contributed by atoms with Crippen LogP contribution in [-0.2, 0) is 0 Å². The van der Waals surface area contributed by atoms with Gasteiger partial charge in [-0.25, -0.2) is 0 Å². The van der Waals surface area contributed by atoms with E-state index in [1.807, 2.05) is 30.3 Å². The van der Waals surface area contributed by atoms with E-state index in [4.69, 9.17) is 0 Å². The Morgan fingerprint density at radius 3 is 2.40 bits per heavy atom. The summed E-state index contributed by atoms with van der Waals surface area (Å²) in [6.07, 6.45) is 2.38. The molecule has 1 aromatic carbocycles. The molecular weight excluding hydrogens is 188 g/mol. The summed E-state index contributed by atoms with van der Waals surface area (Å²) in [7, 11) is 0. The average molecular weight is 208 g/mol. The minimum Gasteiger partial charge on any atom is -0.393 e. The van der Waals surface area contributed by atoms with E-state index in [0.717, 1.165) is 24.8 Å². The molecule has 2 nitrogen and oxygen atoms in total. The van der Waals surface area contributed by atoms with Crippen LogP contribution in [-0.4, -0.2) is 16.3 Å². The van der Waals surface area contributed by atoms with E-state index < -0.39 is 6.10 Å². The fourth-order valence-corrected chi connectivity index (χ4v) is 1.63. The number of benzene rings is 1. The summed E-state index contributed by atoms with van der Waals surface area (Å²) in [6.45, 7) is 2.10. The van der Waals surface area contributed by atoms with E-state index >= 15 is 0 Å². The largest absolute Gasteiger partial charge is 0.393 e. The van der Waals surface area contributed by atoms with Gasteiger partial charge in [0.1, 0.15) is 0 Å². The van der Waals surface area contributed by atoms with Gasteiger partial charge in [-0.05, 0) is 12.0 Å². The quantitative estimate of drug-likeness (QED) is 0.754. The number of hydrogen-bond acceptors (Lipinski definition) is 2. The predicted molar refractivity (Wildman–Crippen MR) is 61.6 cm³/mol. The number of aliphatic hydroxyl groups is 2. The molecule has 2 heteroatoms. The maximum Gasteiger partial charge on any atom is 0.0814 e. The van der Waals surface area contributed by atoms with E-state index in [1.54, 1.807) is 0 Å². The standard InChI is InChI=1S/C13H20O2/c1-2-3-9-12(14)10-13(15)11-7-5-4-6-8-11/h4-8,12-15H,2-3,9-10H2,1H3. The fraction of sp³-hybridized carbons (Fsp3) is 0.538. The molecule has 0 heterocycles. The van der Waals surface area contributed by atoms with Crippen molar-refractivity contribution in [3.8, 4) is 0 Å². The Kier molecular flexibility index (Phi) is 5.37. The molecule has 0 saturated carbocycles. The topological polar surface area (TPSA) is 40.5 Å². The van der Waals surface area contributed by atoms with Crippen molar-refractivity contribution in [1.82, 2.24) is 0 Å². The van der Waals surface area contributed by atoms with Gasteiger partial charge in [0.05, 0.1) is 12.2 Å². The second-order valence-corrected chi connectivity index (χ2v) is 3.96. The van der Waals surface area contributed by atoms with Gasteiger partial charge in [-0.3, -0.25) is 0 Å². The maximum atomic E-state index is 9.83. The molecule has 1 rings (SSSR count). The number of rotatable bonds is 6. The molecule has 0 saturated heterocycles. The Morgan fingerprint density at radius 2 is 1.80 bits per heavy atom. The van der Waals surface area contributed by atoms with Crippen LogP contribution in [0.1, 0.15) is 44.3 Å². The van der Waals surface area contributed by atoms with Crippen LogP contribution in [0, 0.1) is 0 Å². The molecule has 2 unspecified atom stereocenters. The first-order valence-corrected chi connectivity index (χ1v) is 5.65. The highest BCUT2D eigenvalue weighted by atomic mass is 16.3. The zero-order chi connectivity index (χ0) is 11.1. The zero-order valence-corrected chi connectivity index (χ0v) is 9.26. The molecule has 0 fully saturated rings. The zero-order valence-electron chi connectivity index (χ0n) is 9.26. The Hall–Kier alpha value is -0.860. The first kappa shape index (κ1) is 12.2. The molecule has 2 N–H and O–H groups in total. The van der Waals surface area contributed by atoms with Crippen LogP contribution in [0.5, 0.6) is 0 Å². The van der Waals surface area contributed by atoms with E-state index in [2.05, 4.69) is 6.92 Å². The van der Waals surface area contributed by atoms with Gasteiger partial charge >= 0.3 is 0 Å². The third-order valence-electron chi connectivity index (χ3n) is 2.57. The Bertz CT molecular complexity index is 258. The molecule has 84 valence electrons. The molecule has 0 amide bonds. The van der Waals surface area contributed by atoms with Gasteiger partial charge < -0.3 is 10.2 Å². The second-order valence-electron chi connectivity index (χ2n) is 3.96. The van der Waals surface area contributed by atoms with Gasteiger partial charge in [-0.1, -0.05) is 50.1 Å². The monoisotopic (exact) mass is 208 g/mol. The third kappa shape index (κ3) is 4.45. The second kappa shape index (κ2) is 6.59. The normalized spacial score (nSPS) is 14.9. The van der Waals surface area contributed by atoms with Crippen molar-refractivity contribution >= 4 is 0 Å². The van der Waals surface area contributed by atoms with Crippen LogP contribution < -0.4 is 0 Å². The van der Waals surface area contributed by atoms with Gasteiger partial charge in [-0.15, -0.1) is 0 Å². The molecule has 0 aromatic heterocycles. The highest BCUT2D eigenvalue weighted by Gasteiger charge is 2.12. The summed E-state index contributed by atoms with van der Waals surface area (Å²) in [5, 5.41) is 19.5. The molecule has 15 heavy (non-hydrogen) atoms. The Morgan fingerprint density at radius 1 is 1.13 bits per heavy atom. The smallest absolute Gasteiger partial charge is 0.0814 e. The Balaban J connectivity index is 2.38. The minimum atomic E-state index is -0.543. The molecule has 0 spiro atoms. The van der Waals surface area contributed by atoms with Gasteiger partial charge in [0.15, 0.2) is 0 Å². The van der Waals surface area contributed by atoms with Crippen molar-refractivity contribution in [3.63, 3.8) is 0 Å². The molecule has 2 atom stereocenters. The van der Waals surface area contributed by atoms with Gasteiger partial charge in [-0.2, -0.15) is 0 Å². The maximum absolute atomic E-state index is 9.83. The van der Waals surface area contributed by atoms with Gasteiger partial charge in [0.2, 0.25) is 0 Å². The lowest BCUT2D eigenvalue weighted by atomic mass is 10.0. The van der Waals surface area contributed by atoms with Crippen LogP contribution in [0.25, 0.3) is 0 Å². The number of aliphatic hydroxyl groups excluding tert-OH is 2. The SMILES string of the molecule is CCCCC(O)CC(O)c1ccccc1. The lowest BCUT2D eigenvalue weighted by molar-refractivity contribution is 0.0742. The molecule has 0 bridgehead atoms. The van der Waals surface area contributed by atoms with Crippen LogP contribution >= 0.6 is 0 Å². The molecule has 0 radical (unpaired) electrons. The van der Waals surface area contributed by atoms with Crippen molar-refractivity contribution in [1.29, 1.82) is 0 Å². The van der Waals surface area contributed by atoms with Crippen molar-refractivity contribution in [3.05, 3.63) is 35.9 Å². The summed E-state index contributed by atoms with van der Waals surface area (Å²) in [4.78, 5) is 0. The van der Waals surface area contributed by atoms with Crippen molar-refractivity contribution in [2.24, 2.45) is 0 Å². The molecule has 0 aliphatic carbocycles. The third-order valence-corrected chi connectivity index (χ3v) is 2.57. The van der Waals surface area contributed by atoms with E-state index in [-0.39, 0.29) is 6.10 Å². The van der Waals surface area contributed by atoms with E-state index in [9.17, 15) is 10.2 Å². The van der Waals surface area contributed by atoms with Crippen molar-refractivity contribution in [2.75, 3.05) is 0 Å². The summed E-state index contributed by atoms with van der Waals surface area (Å²) >= 11 is 0. The molecule has 0 aliphatic heterocycles. The first-order chi connectivity index (χ1) is 7.24. The molecule has 0 aliphatic rings.